The molecule has 1 rings (SSSR count). The molecule has 0 atom stereocenters. The van der Waals surface area contributed by atoms with E-state index in [0.29, 0.717) is 0 Å². The van der Waals surface area contributed by atoms with Crippen molar-refractivity contribution < 1.29 is 18.6 Å². The van der Waals surface area contributed by atoms with E-state index in [0.717, 1.165) is 6.07 Å². The van der Waals surface area contributed by atoms with Crippen molar-refractivity contribution in [1.29, 1.82) is 5.26 Å². The molecule has 0 aliphatic carbocycles. The minimum absolute atomic E-state index is 0.0154. The number of ether oxygens (including phenoxy) is 1. The van der Waals surface area contributed by atoms with E-state index in [1.807, 2.05) is 0 Å². The summed E-state index contributed by atoms with van der Waals surface area (Å²) in [5, 5.41) is 17.4. The molecule has 0 saturated carbocycles. The Balaban J connectivity index is 2.91. The fourth-order valence-corrected chi connectivity index (χ4v) is 0.782. The molecule has 1 N–H and O–H groups in total. The van der Waals surface area contributed by atoms with E-state index in [2.05, 4.69) is 4.74 Å². The number of nitriles is 1. The fraction of sp³-hybridized carbons (Fsp3) is 0.125. The second kappa shape index (κ2) is 3.72. The van der Waals surface area contributed by atoms with E-state index in [9.17, 15) is 8.78 Å². The first-order chi connectivity index (χ1) is 6.13. The van der Waals surface area contributed by atoms with Crippen LogP contribution in [-0.2, 0) is 0 Å². The van der Waals surface area contributed by atoms with Crippen molar-refractivity contribution in [3.8, 4) is 17.6 Å². The lowest BCUT2D eigenvalue weighted by Gasteiger charge is -2.04. The van der Waals surface area contributed by atoms with Gasteiger partial charge < -0.3 is 9.84 Å². The number of phenolic OH excluding ortho intramolecular Hbond substituents is 1. The summed E-state index contributed by atoms with van der Waals surface area (Å²) < 4.78 is 27.3. The number of phenols is 1. The molecule has 0 unspecified atom stereocenters. The zero-order valence-electron chi connectivity index (χ0n) is 6.37. The van der Waals surface area contributed by atoms with Crippen LogP contribution >= 0.6 is 0 Å². The average molecular weight is 185 g/mol. The summed E-state index contributed by atoms with van der Waals surface area (Å²) in [7, 11) is 0. The number of hydrogen-bond donors (Lipinski definition) is 1. The number of halogens is 2. The SMILES string of the molecule is N#Cc1ccc(OC(F)F)cc1O. The van der Waals surface area contributed by atoms with E-state index >= 15 is 0 Å². The maximum absolute atomic E-state index is 11.7. The number of nitrogens with zero attached hydrogens (tertiary/aromatic N) is 1. The predicted molar refractivity (Wildman–Crippen MR) is 39.5 cm³/mol. The van der Waals surface area contributed by atoms with Crippen molar-refractivity contribution in [3.63, 3.8) is 0 Å². The zero-order chi connectivity index (χ0) is 9.84. The van der Waals surface area contributed by atoms with Crippen LogP contribution in [0.5, 0.6) is 11.5 Å². The van der Waals surface area contributed by atoms with Gasteiger partial charge in [0.2, 0.25) is 0 Å². The summed E-state index contributed by atoms with van der Waals surface area (Å²) in [6.45, 7) is -2.94. The Hall–Kier alpha value is -1.83. The Labute approximate surface area is 72.8 Å². The monoisotopic (exact) mass is 185 g/mol. The average Bonchev–Trinajstić information content (AvgIpc) is 2.03. The highest BCUT2D eigenvalue weighted by Gasteiger charge is 2.06. The van der Waals surface area contributed by atoms with Crippen LogP contribution in [0.2, 0.25) is 0 Å². The van der Waals surface area contributed by atoms with Gasteiger partial charge in [-0.25, -0.2) is 0 Å². The number of benzene rings is 1. The number of rotatable bonds is 2. The predicted octanol–water partition coefficient (Wildman–Crippen LogP) is 1.87. The summed E-state index contributed by atoms with van der Waals surface area (Å²) in [6, 6.07) is 5.03. The number of aromatic hydroxyl groups is 1. The standard InChI is InChI=1S/C8H5F2NO2/c9-8(10)13-6-2-1-5(4-11)7(12)3-6/h1-3,8,12H. The molecule has 0 fully saturated rings. The van der Waals surface area contributed by atoms with Crippen molar-refractivity contribution in [2.45, 2.75) is 6.61 Å². The van der Waals surface area contributed by atoms with Crippen LogP contribution in [0, 0.1) is 11.3 Å². The third-order valence-corrected chi connectivity index (χ3v) is 1.31. The van der Waals surface area contributed by atoms with Crippen molar-refractivity contribution in [2.75, 3.05) is 0 Å². The van der Waals surface area contributed by atoms with Gasteiger partial charge in [-0.1, -0.05) is 0 Å². The first-order valence-electron chi connectivity index (χ1n) is 3.31. The van der Waals surface area contributed by atoms with Crippen molar-refractivity contribution >= 4 is 0 Å². The first kappa shape index (κ1) is 9.26. The molecule has 0 aromatic heterocycles. The Morgan fingerprint density at radius 3 is 2.62 bits per heavy atom. The van der Waals surface area contributed by atoms with Crippen LogP contribution in [0.3, 0.4) is 0 Å². The highest BCUT2D eigenvalue weighted by molar-refractivity contribution is 5.46. The molecule has 0 amide bonds. The second-order valence-electron chi connectivity index (χ2n) is 2.17. The largest absolute Gasteiger partial charge is 0.506 e. The van der Waals surface area contributed by atoms with Gasteiger partial charge in [0.25, 0.3) is 0 Å². The molecule has 0 bridgehead atoms. The van der Waals surface area contributed by atoms with Gasteiger partial charge in [-0.15, -0.1) is 0 Å². The van der Waals surface area contributed by atoms with Gasteiger partial charge in [0, 0.05) is 6.07 Å². The van der Waals surface area contributed by atoms with Crippen LogP contribution in [0.1, 0.15) is 5.56 Å². The molecule has 68 valence electrons. The fourth-order valence-electron chi connectivity index (χ4n) is 0.782. The lowest BCUT2D eigenvalue weighted by molar-refractivity contribution is -0.0499. The Morgan fingerprint density at radius 2 is 2.15 bits per heavy atom. The maximum Gasteiger partial charge on any atom is 0.387 e. The maximum atomic E-state index is 11.7. The van der Waals surface area contributed by atoms with Gasteiger partial charge in [0.05, 0.1) is 5.56 Å². The quantitative estimate of drug-likeness (QED) is 0.765. The highest BCUT2D eigenvalue weighted by Crippen LogP contribution is 2.23. The molecule has 5 heteroatoms. The third kappa shape index (κ3) is 2.30. The summed E-state index contributed by atoms with van der Waals surface area (Å²) in [5.74, 6) is -0.549. The highest BCUT2D eigenvalue weighted by atomic mass is 19.3. The summed E-state index contributed by atoms with van der Waals surface area (Å²) >= 11 is 0. The zero-order valence-corrected chi connectivity index (χ0v) is 6.37. The minimum atomic E-state index is -2.94. The molecule has 0 aliphatic rings. The lowest BCUT2D eigenvalue weighted by Crippen LogP contribution is -2.01. The molecule has 0 aliphatic heterocycles. The van der Waals surface area contributed by atoms with Crippen molar-refractivity contribution in [1.82, 2.24) is 0 Å². The van der Waals surface area contributed by atoms with Gasteiger partial charge in [-0.3, -0.25) is 0 Å². The molecular weight excluding hydrogens is 180 g/mol. The topological polar surface area (TPSA) is 53.2 Å². The van der Waals surface area contributed by atoms with Crippen molar-refractivity contribution in [2.24, 2.45) is 0 Å². The van der Waals surface area contributed by atoms with E-state index in [1.165, 1.54) is 12.1 Å². The Bertz CT molecular complexity index is 346. The van der Waals surface area contributed by atoms with Gasteiger partial charge >= 0.3 is 6.61 Å². The lowest BCUT2D eigenvalue weighted by atomic mass is 10.2. The van der Waals surface area contributed by atoms with Crippen molar-refractivity contribution in [3.05, 3.63) is 23.8 Å². The molecule has 0 heterocycles. The van der Waals surface area contributed by atoms with Gasteiger partial charge in [-0.05, 0) is 12.1 Å². The molecule has 1 aromatic rings. The second-order valence-corrected chi connectivity index (χ2v) is 2.17. The van der Waals surface area contributed by atoms with Gasteiger partial charge in [-0.2, -0.15) is 14.0 Å². The molecule has 1 aromatic carbocycles. The van der Waals surface area contributed by atoms with Gasteiger partial charge in [0.1, 0.15) is 17.6 Å². The smallest absolute Gasteiger partial charge is 0.387 e. The Kier molecular flexibility index (Phi) is 2.65. The van der Waals surface area contributed by atoms with Crippen LogP contribution < -0.4 is 4.74 Å². The Morgan fingerprint density at radius 1 is 1.46 bits per heavy atom. The number of alkyl halides is 2. The molecule has 0 saturated heterocycles. The van der Waals surface area contributed by atoms with Gasteiger partial charge in [0.15, 0.2) is 0 Å². The molecule has 13 heavy (non-hydrogen) atoms. The first-order valence-corrected chi connectivity index (χ1v) is 3.31. The minimum Gasteiger partial charge on any atom is -0.506 e. The van der Waals surface area contributed by atoms with Crippen LogP contribution in [-0.4, -0.2) is 11.7 Å². The molecular formula is C8H5F2NO2. The van der Waals surface area contributed by atoms with Crippen LogP contribution in [0.15, 0.2) is 18.2 Å². The molecule has 0 radical (unpaired) electrons. The summed E-state index contributed by atoms with van der Waals surface area (Å²) in [4.78, 5) is 0. The number of hydrogen-bond acceptors (Lipinski definition) is 3. The summed E-state index contributed by atoms with van der Waals surface area (Å²) in [5.41, 5.74) is 0.0154. The van der Waals surface area contributed by atoms with Crippen LogP contribution in [0.4, 0.5) is 8.78 Å². The van der Waals surface area contributed by atoms with E-state index in [-0.39, 0.29) is 17.1 Å². The normalized spacial score (nSPS) is 9.69. The van der Waals surface area contributed by atoms with Crippen LogP contribution in [0.25, 0.3) is 0 Å². The third-order valence-electron chi connectivity index (χ3n) is 1.31. The summed E-state index contributed by atoms with van der Waals surface area (Å²) in [6.07, 6.45) is 0. The van der Waals surface area contributed by atoms with E-state index < -0.39 is 6.61 Å². The van der Waals surface area contributed by atoms with E-state index in [1.54, 1.807) is 6.07 Å². The van der Waals surface area contributed by atoms with E-state index in [4.69, 9.17) is 10.4 Å². The molecule has 3 nitrogen and oxygen atoms in total. The molecule has 0 spiro atoms.